The van der Waals surface area contributed by atoms with E-state index >= 15 is 0 Å². The largest absolute Gasteiger partial charge is 0.490 e. The smallest absolute Gasteiger partial charge is 0.123 e. The van der Waals surface area contributed by atoms with Crippen LogP contribution in [0.15, 0.2) is 36.4 Å². The summed E-state index contributed by atoms with van der Waals surface area (Å²) in [4.78, 5) is 0. The third-order valence-corrected chi connectivity index (χ3v) is 4.21. The second-order valence-corrected chi connectivity index (χ2v) is 5.95. The lowest BCUT2D eigenvalue weighted by atomic mass is 9.99. The first-order valence-corrected chi connectivity index (χ1v) is 7.84. The molecule has 1 atom stereocenters. The summed E-state index contributed by atoms with van der Waals surface area (Å²) in [5, 5.41) is 4.14. The fraction of sp³-hybridized carbons (Fsp3) is 0.333. The lowest BCUT2D eigenvalue weighted by Gasteiger charge is -2.09. The molecular formula is C18H20ClNO. The van der Waals surface area contributed by atoms with Crippen molar-refractivity contribution in [3.05, 3.63) is 52.5 Å². The number of rotatable bonds is 4. The van der Waals surface area contributed by atoms with E-state index in [-0.39, 0.29) is 6.10 Å². The van der Waals surface area contributed by atoms with E-state index in [4.69, 9.17) is 16.3 Å². The molecule has 3 heteroatoms. The van der Waals surface area contributed by atoms with E-state index in [0.29, 0.717) is 0 Å². The minimum atomic E-state index is 0.282. The van der Waals surface area contributed by atoms with Crippen LogP contribution in [-0.2, 0) is 13.0 Å². The Hall–Kier alpha value is -1.51. The number of halogens is 1. The number of benzene rings is 2. The Balaban J connectivity index is 1.92. The quantitative estimate of drug-likeness (QED) is 0.901. The summed E-state index contributed by atoms with van der Waals surface area (Å²) in [6, 6.07) is 12.7. The van der Waals surface area contributed by atoms with Gasteiger partial charge in [-0.05, 0) is 60.0 Å². The summed E-state index contributed by atoms with van der Waals surface area (Å²) >= 11 is 6.27. The van der Waals surface area contributed by atoms with Gasteiger partial charge in [-0.1, -0.05) is 30.7 Å². The van der Waals surface area contributed by atoms with Crippen LogP contribution >= 0.6 is 11.6 Å². The fourth-order valence-corrected chi connectivity index (χ4v) is 2.94. The molecule has 2 aromatic rings. The van der Waals surface area contributed by atoms with Gasteiger partial charge in [0.05, 0.1) is 0 Å². The molecule has 21 heavy (non-hydrogen) atoms. The Bertz CT molecular complexity index is 654. The van der Waals surface area contributed by atoms with Gasteiger partial charge < -0.3 is 10.1 Å². The molecule has 110 valence electrons. The van der Waals surface area contributed by atoms with E-state index in [9.17, 15) is 0 Å². The van der Waals surface area contributed by atoms with Crippen LogP contribution < -0.4 is 10.1 Å². The van der Waals surface area contributed by atoms with Crippen molar-refractivity contribution in [2.75, 3.05) is 6.54 Å². The summed E-state index contributed by atoms with van der Waals surface area (Å²) in [5.74, 6) is 1.02. The second-order valence-electron chi connectivity index (χ2n) is 5.54. The Morgan fingerprint density at radius 3 is 2.76 bits per heavy atom. The van der Waals surface area contributed by atoms with Gasteiger partial charge >= 0.3 is 0 Å². The Morgan fingerprint density at radius 1 is 1.19 bits per heavy atom. The zero-order valence-corrected chi connectivity index (χ0v) is 13.2. The van der Waals surface area contributed by atoms with Crippen molar-refractivity contribution < 1.29 is 4.74 Å². The van der Waals surface area contributed by atoms with Gasteiger partial charge in [0.15, 0.2) is 0 Å². The van der Waals surface area contributed by atoms with Crippen molar-refractivity contribution >= 4 is 11.6 Å². The monoisotopic (exact) mass is 301 g/mol. The van der Waals surface area contributed by atoms with Crippen molar-refractivity contribution in [2.45, 2.75) is 32.9 Å². The first-order valence-electron chi connectivity index (χ1n) is 7.46. The summed E-state index contributed by atoms with van der Waals surface area (Å²) in [6.07, 6.45) is 1.27. The summed E-state index contributed by atoms with van der Waals surface area (Å²) in [5.41, 5.74) is 4.86. The van der Waals surface area contributed by atoms with Crippen LogP contribution in [0.1, 0.15) is 25.0 Å². The summed E-state index contributed by atoms with van der Waals surface area (Å²) < 4.78 is 5.76. The van der Waals surface area contributed by atoms with E-state index in [1.165, 1.54) is 16.7 Å². The predicted molar refractivity (Wildman–Crippen MR) is 88.1 cm³/mol. The minimum absolute atomic E-state index is 0.282. The Kier molecular flexibility index (Phi) is 4.18. The molecule has 0 fully saturated rings. The topological polar surface area (TPSA) is 21.3 Å². The highest BCUT2D eigenvalue weighted by Gasteiger charge is 2.19. The molecule has 0 bridgehead atoms. The zero-order valence-electron chi connectivity index (χ0n) is 12.4. The van der Waals surface area contributed by atoms with Gasteiger partial charge in [0.2, 0.25) is 0 Å². The molecule has 1 unspecified atom stereocenters. The number of fused-ring (bicyclic) bond motifs is 1. The maximum atomic E-state index is 6.27. The molecule has 2 nitrogen and oxygen atoms in total. The first-order chi connectivity index (χ1) is 10.2. The van der Waals surface area contributed by atoms with Gasteiger partial charge in [-0.25, -0.2) is 0 Å². The van der Waals surface area contributed by atoms with Crippen molar-refractivity contribution in [2.24, 2.45) is 0 Å². The van der Waals surface area contributed by atoms with Gasteiger partial charge in [-0.15, -0.1) is 0 Å². The maximum absolute atomic E-state index is 6.27. The van der Waals surface area contributed by atoms with Gasteiger partial charge in [-0.3, -0.25) is 0 Å². The molecule has 2 aromatic carbocycles. The van der Waals surface area contributed by atoms with E-state index in [1.807, 2.05) is 6.07 Å². The highest BCUT2D eigenvalue weighted by molar-refractivity contribution is 6.31. The highest BCUT2D eigenvalue weighted by atomic mass is 35.5. The van der Waals surface area contributed by atoms with Crippen LogP contribution in [0, 0.1) is 0 Å². The molecule has 0 aromatic heterocycles. The molecule has 0 aliphatic carbocycles. The fourth-order valence-electron chi connectivity index (χ4n) is 2.75. The van der Waals surface area contributed by atoms with Crippen molar-refractivity contribution in [3.63, 3.8) is 0 Å². The van der Waals surface area contributed by atoms with Crippen LogP contribution in [0.2, 0.25) is 5.02 Å². The normalized spacial score (nSPS) is 16.6. The molecule has 1 aliphatic heterocycles. The van der Waals surface area contributed by atoms with Crippen molar-refractivity contribution in [3.8, 4) is 16.9 Å². The molecule has 0 spiro atoms. The Labute approximate surface area is 131 Å². The van der Waals surface area contributed by atoms with E-state index in [0.717, 1.165) is 35.8 Å². The Morgan fingerprint density at radius 2 is 1.95 bits per heavy atom. The molecule has 0 radical (unpaired) electrons. The molecule has 1 N–H and O–H groups in total. The van der Waals surface area contributed by atoms with E-state index < -0.39 is 0 Å². The maximum Gasteiger partial charge on any atom is 0.123 e. The third kappa shape index (κ3) is 3.07. The van der Waals surface area contributed by atoms with Crippen molar-refractivity contribution in [1.82, 2.24) is 5.32 Å². The molecular weight excluding hydrogens is 282 g/mol. The number of nitrogens with one attached hydrogen (secondary N) is 1. The van der Waals surface area contributed by atoms with E-state index in [1.54, 1.807) is 0 Å². The lowest BCUT2D eigenvalue weighted by Crippen LogP contribution is -2.12. The number of hydrogen-bond donors (Lipinski definition) is 1. The average molecular weight is 302 g/mol. The highest BCUT2D eigenvalue weighted by Crippen LogP contribution is 2.33. The first kappa shape index (κ1) is 14.4. The van der Waals surface area contributed by atoms with Gasteiger partial charge in [-0.2, -0.15) is 0 Å². The van der Waals surface area contributed by atoms with Gasteiger partial charge in [0.25, 0.3) is 0 Å². The van der Waals surface area contributed by atoms with Crippen LogP contribution in [0.3, 0.4) is 0 Å². The van der Waals surface area contributed by atoms with Crippen LogP contribution in [0.25, 0.3) is 11.1 Å². The summed E-state index contributed by atoms with van der Waals surface area (Å²) in [7, 11) is 0. The molecule has 1 heterocycles. The third-order valence-electron chi connectivity index (χ3n) is 3.84. The molecule has 0 saturated heterocycles. The van der Waals surface area contributed by atoms with Gasteiger partial charge in [0, 0.05) is 18.0 Å². The molecule has 0 saturated carbocycles. The second kappa shape index (κ2) is 6.08. The predicted octanol–water partition coefficient (Wildman–Crippen LogP) is 4.44. The van der Waals surface area contributed by atoms with E-state index in [2.05, 4.69) is 49.5 Å². The van der Waals surface area contributed by atoms with Crippen molar-refractivity contribution in [1.29, 1.82) is 0 Å². The van der Waals surface area contributed by atoms with Crippen LogP contribution in [-0.4, -0.2) is 12.6 Å². The SMILES string of the molecule is CCNCc1cc(-c2ccc3c(c2)CC(C)O3)ccc1Cl. The summed E-state index contributed by atoms with van der Waals surface area (Å²) in [6.45, 7) is 5.94. The van der Waals surface area contributed by atoms with Crippen LogP contribution in [0.5, 0.6) is 5.75 Å². The van der Waals surface area contributed by atoms with Gasteiger partial charge in [0.1, 0.15) is 11.9 Å². The standard InChI is InChI=1S/C18H20ClNO/c1-3-20-11-16-10-13(4-6-17(16)19)14-5-7-18-15(9-14)8-12(2)21-18/h4-7,9-10,12,20H,3,8,11H2,1-2H3. The minimum Gasteiger partial charge on any atom is -0.490 e. The number of hydrogen-bond acceptors (Lipinski definition) is 2. The lowest BCUT2D eigenvalue weighted by molar-refractivity contribution is 0.254. The zero-order chi connectivity index (χ0) is 14.8. The molecule has 3 rings (SSSR count). The number of ether oxygens (including phenoxy) is 1. The molecule has 0 amide bonds. The average Bonchev–Trinajstić information content (AvgIpc) is 2.85. The molecule has 1 aliphatic rings. The van der Waals surface area contributed by atoms with Crippen LogP contribution in [0.4, 0.5) is 0 Å².